The fraction of sp³-hybridized carbons (Fsp3) is 0.714. The molecule has 0 aromatic heterocycles. The molecular weight excluding hydrogens is 217 g/mol. The molecule has 0 spiro atoms. The number of nitrogens with one attached hydrogen (secondary N) is 1. The molecule has 8 heteroatoms. The number of rotatable bonds is 3. The Hall–Kier alpha value is -1.31. The highest BCUT2D eigenvalue weighted by atomic mass is 19.4. The molecular formula is C7H11F3N2O3. The summed E-state index contributed by atoms with van der Waals surface area (Å²) < 4.78 is 31.7. The van der Waals surface area contributed by atoms with Crippen molar-refractivity contribution in [2.75, 3.05) is 6.54 Å². The van der Waals surface area contributed by atoms with Crippen LogP contribution in [-0.4, -0.2) is 35.7 Å². The van der Waals surface area contributed by atoms with E-state index >= 15 is 0 Å². The molecule has 0 heterocycles. The average Bonchev–Trinajstić information content (AvgIpc) is 2.82. The molecule has 0 atom stereocenters. The van der Waals surface area contributed by atoms with Crippen molar-refractivity contribution in [3.8, 4) is 0 Å². The summed E-state index contributed by atoms with van der Waals surface area (Å²) in [6.07, 6.45) is -2.68. The van der Waals surface area contributed by atoms with Gasteiger partial charge in [0.05, 0.1) is 6.54 Å². The van der Waals surface area contributed by atoms with Crippen LogP contribution in [0.4, 0.5) is 13.2 Å². The van der Waals surface area contributed by atoms with Crippen LogP contribution in [0.25, 0.3) is 0 Å². The van der Waals surface area contributed by atoms with Crippen LogP contribution in [0.2, 0.25) is 0 Å². The second-order valence-corrected chi connectivity index (χ2v) is 2.92. The number of hydrogen-bond acceptors (Lipinski definition) is 3. The summed E-state index contributed by atoms with van der Waals surface area (Å²) in [5.41, 5.74) is 4.87. The molecule has 1 aliphatic rings. The number of aliphatic carboxylic acids is 1. The van der Waals surface area contributed by atoms with Crippen LogP contribution in [0.3, 0.4) is 0 Å². The van der Waals surface area contributed by atoms with Crippen molar-refractivity contribution >= 4 is 11.9 Å². The lowest BCUT2D eigenvalue weighted by Crippen LogP contribution is -2.29. The van der Waals surface area contributed by atoms with Gasteiger partial charge in [-0.1, -0.05) is 0 Å². The molecule has 1 fully saturated rings. The Morgan fingerprint density at radius 1 is 1.40 bits per heavy atom. The van der Waals surface area contributed by atoms with Crippen LogP contribution in [0.1, 0.15) is 12.8 Å². The van der Waals surface area contributed by atoms with Gasteiger partial charge in [-0.3, -0.25) is 4.79 Å². The summed E-state index contributed by atoms with van der Waals surface area (Å²) >= 11 is 0. The Balaban J connectivity index is 0.000000265. The molecule has 0 aliphatic heterocycles. The van der Waals surface area contributed by atoms with E-state index < -0.39 is 12.1 Å². The molecule has 5 nitrogen and oxygen atoms in total. The summed E-state index contributed by atoms with van der Waals surface area (Å²) in [7, 11) is 0. The second-order valence-electron chi connectivity index (χ2n) is 2.92. The first-order valence-corrected chi connectivity index (χ1v) is 4.05. The van der Waals surface area contributed by atoms with Crippen LogP contribution >= 0.6 is 0 Å². The Bertz CT molecular complexity index is 238. The molecule has 0 aromatic rings. The third kappa shape index (κ3) is 9.01. The number of carbonyl (C=O) groups excluding carboxylic acids is 1. The van der Waals surface area contributed by atoms with Crippen LogP contribution in [-0.2, 0) is 9.59 Å². The fourth-order valence-corrected chi connectivity index (χ4v) is 0.532. The monoisotopic (exact) mass is 228 g/mol. The first kappa shape index (κ1) is 13.7. The summed E-state index contributed by atoms with van der Waals surface area (Å²) in [6, 6.07) is 0.586. The van der Waals surface area contributed by atoms with Crippen molar-refractivity contribution < 1.29 is 27.9 Å². The van der Waals surface area contributed by atoms with E-state index in [1.54, 1.807) is 0 Å². The highest BCUT2D eigenvalue weighted by Crippen LogP contribution is 2.17. The first-order valence-electron chi connectivity index (χ1n) is 4.05. The minimum Gasteiger partial charge on any atom is -0.475 e. The van der Waals surface area contributed by atoms with E-state index in [0.29, 0.717) is 12.6 Å². The van der Waals surface area contributed by atoms with Crippen LogP contribution < -0.4 is 11.1 Å². The topological polar surface area (TPSA) is 92.4 Å². The van der Waals surface area contributed by atoms with E-state index in [0.717, 1.165) is 0 Å². The molecule has 1 aliphatic carbocycles. The van der Waals surface area contributed by atoms with Gasteiger partial charge in [0.2, 0.25) is 5.91 Å². The number of primary amides is 1. The molecule has 1 saturated carbocycles. The zero-order valence-electron chi connectivity index (χ0n) is 7.67. The van der Waals surface area contributed by atoms with Gasteiger partial charge in [0.1, 0.15) is 0 Å². The fourth-order valence-electron chi connectivity index (χ4n) is 0.532. The summed E-state index contributed by atoms with van der Waals surface area (Å²) in [6.45, 7) is 0.338. The predicted octanol–water partition coefficient (Wildman–Crippen LogP) is -0.143. The Kier molecular flexibility index (Phi) is 5.06. The Labute approximate surface area is 83.4 Å². The highest BCUT2D eigenvalue weighted by molar-refractivity contribution is 5.75. The van der Waals surface area contributed by atoms with Crippen LogP contribution in [0.5, 0.6) is 0 Å². The molecule has 4 N–H and O–H groups in total. The van der Waals surface area contributed by atoms with Crippen LogP contribution in [0, 0.1) is 0 Å². The number of carboxylic acid groups (broad SMARTS) is 1. The zero-order chi connectivity index (χ0) is 12.1. The molecule has 15 heavy (non-hydrogen) atoms. The zero-order valence-corrected chi connectivity index (χ0v) is 7.67. The molecule has 0 saturated heterocycles. The minimum absolute atomic E-state index is 0.267. The number of hydrogen-bond donors (Lipinski definition) is 3. The molecule has 0 radical (unpaired) electrons. The van der Waals surface area contributed by atoms with Gasteiger partial charge >= 0.3 is 12.1 Å². The lowest BCUT2D eigenvalue weighted by atomic mass is 10.6. The largest absolute Gasteiger partial charge is 0.490 e. The van der Waals surface area contributed by atoms with Crippen molar-refractivity contribution in [2.45, 2.75) is 25.1 Å². The molecule has 0 aromatic carbocycles. The quantitative estimate of drug-likeness (QED) is 0.626. The lowest BCUT2D eigenvalue weighted by molar-refractivity contribution is -0.192. The van der Waals surface area contributed by atoms with Gasteiger partial charge in [0, 0.05) is 6.04 Å². The van der Waals surface area contributed by atoms with Crippen molar-refractivity contribution in [2.24, 2.45) is 5.73 Å². The third-order valence-electron chi connectivity index (χ3n) is 1.38. The number of carboxylic acids is 1. The van der Waals surface area contributed by atoms with Gasteiger partial charge < -0.3 is 16.2 Å². The van der Waals surface area contributed by atoms with Gasteiger partial charge in [0.15, 0.2) is 0 Å². The Morgan fingerprint density at radius 2 is 1.80 bits per heavy atom. The maximum absolute atomic E-state index is 10.6. The van der Waals surface area contributed by atoms with Crippen molar-refractivity contribution in [1.82, 2.24) is 5.32 Å². The number of carbonyl (C=O) groups is 2. The number of halogens is 3. The second kappa shape index (κ2) is 5.54. The van der Waals surface area contributed by atoms with E-state index in [2.05, 4.69) is 5.32 Å². The molecule has 88 valence electrons. The lowest BCUT2D eigenvalue weighted by Gasteiger charge is -1.94. The summed E-state index contributed by atoms with van der Waals surface area (Å²) in [4.78, 5) is 19.0. The maximum atomic E-state index is 10.6. The predicted molar refractivity (Wildman–Crippen MR) is 43.9 cm³/mol. The van der Waals surface area contributed by atoms with Crippen molar-refractivity contribution in [1.29, 1.82) is 0 Å². The first-order chi connectivity index (χ1) is 6.73. The normalized spacial score (nSPS) is 15.1. The van der Waals surface area contributed by atoms with Gasteiger partial charge in [-0.05, 0) is 12.8 Å². The standard InChI is InChI=1S/C5H10N2O.C2HF3O2/c6-5(8)3-7-4-1-2-4;3-2(4,5)1(6)7/h4,7H,1-3H2,(H2,6,8);(H,6,7). The van der Waals surface area contributed by atoms with Gasteiger partial charge in [-0.15, -0.1) is 0 Å². The van der Waals surface area contributed by atoms with E-state index in [1.807, 2.05) is 0 Å². The molecule has 1 rings (SSSR count). The number of amides is 1. The van der Waals surface area contributed by atoms with E-state index in [4.69, 9.17) is 15.6 Å². The Morgan fingerprint density at radius 3 is 2.00 bits per heavy atom. The third-order valence-corrected chi connectivity index (χ3v) is 1.38. The van der Waals surface area contributed by atoms with E-state index in [-0.39, 0.29) is 5.91 Å². The molecule has 0 unspecified atom stereocenters. The van der Waals surface area contributed by atoms with Crippen molar-refractivity contribution in [3.05, 3.63) is 0 Å². The summed E-state index contributed by atoms with van der Waals surface area (Å²) in [5.74, 6) is -3.02. The average molecular weight is 228 g/mol. The highest BCUT2D eigenvalue weighted by Gasteiger charge is 2.38. The van der Waals surface area contributed by atoms with Gasteiger partial charge in [0.25, 0.3) is 0 Å². The minimum atomic E-state index is -5.08. The van der Waals surface area contributed by atoms with Gasteiger partial charge in [-0.2, -0.15) is 13.2 Å². The molecule has 0 bridgehead atoms. The number of nitrogens with two attached hydrogens (primary N) is 1. The molecule has 1 amide bonds. The summed E-state index contributed by atoms with van der Waals surface area (Å²) in [5, 5.41) is 10.1. The maximum Gasteiger partial charge on any atom is 0.490 e. The van der Waals surface area contributed by atoms with Gasteiger partial charge in [-0.25, -0.2) is 4.79 Å². The van der Waals surface area contributed by atoms with E-state index in [1.165, 1.54) is 12.8 Å². The SMILES string of the molecule is NC(=O)CNC1CC1.O=C(O)C(F)(F)F. The number of alkyl halides is 3. The van der Waals surface area contributed by atoms with E-state index in [9.17, 15) is 18.0 Å². The smallest absolute Gasteiger partial charge is 0.475 e. The van der Waals surface area contributed by atoms with Crippen molar-refractivity contribution in [3.63, 3.8) is 0 Å². The van der Waals surface area contributed by atoms with Crippen LogP contribution in [0.15, 0.2) is 0 Å².